The van der Waals surface area contributed by atoms with Crippen LogP contribution in [0.25, 0.3) is 11.0 Å². The Balaban J connectivity index is 1.92. The average molecular weight is 402 g/mol. The Labute approximate surface area is 164 Å². The molecule has 6 nitrogen and oxygen atoms in total. The van der Waals surface area contributed by atoms with Gasteiger partial charge in [0.05, 0.1) is 17.3 Å². The highest BCUT2D eigenvalue weighted by molar-refractivity contribution is 7.90. The van der Waals surface area contributed by atoms with Crippen LogP contribution in [0.3, 0.4) is 0 Å². The van der Waals surface area contributed by atoms with E-state index in [1.165, 1.54) is 7.11 Å². The van der Waals surface area contributed by atoms with Gasteiger partial charge in [0, 0.05) is 12.5 Å². The molecule has 3 rings (SSSR count). The summed E-state index contributed by atoms with van der Waals surface area (Å²) in [4.78, 5) is 12.7. The van der Waals surface area contributed by atoms with E-state index in [9.17, 15) is 13.2 Å². The van der Waals surface area contributed by atoms with E-state index in [1.807, 2.05) is 6.92 Å². The van der Waals surface area contributed by atoms with Crippen LogP contribution in [0, 0.1) is 13.8 Å². The zero-order valence-corrected chi connectivity index (χ0v) is 16.8. The Kier molecular flexibility index (Phi) is 5.86. The zero-order chi connectivity index (χ0) is 20.3. The van der Waals surface area contributed by atoms with Crippen LogP contribution < -0.4 is 0 Å². The molecule has 3 aromatic rings. The fraction of sp³-hybridized carbons (Fsp3) is 0.286. The molecule has 0 N–H and O–H groups in total. The maximum atomic E-state index is 12.7. The summed E-state index contributed by atoms with van der Waals surface area (Å²) in [7, 11) is -1.98. The van der Waals surface area contributed by atoms with Crippen molar-refractivity contribution in [2.24, 2.45) is 0 Å². The number of furan rings is 1. The third kappa shape index (κ3) is 4.26. The molecule has 0 amide bonds. The highest BCUT2D eigenvalue weighted by Gasteiger charge is 2.21. The van der Waals surface area contributed by atoms with Gasteiger partial charge < -0.3 is 13.9 Å². The summed E-state index contributed by atoms with van der Waals surface area (Å²) < 4.78 is 41.1. The number of fused-ring (bicyclic) bond motifs is 1. The number of aryl methyl sites for hydroxylation is 2. The number of sulfone groups is 1. The van der Waals surface area contributed by atoms with Crippen molar-refractivity contribution in [3.05, 3.63) is 64.9 Å². The Bertz CT molecular complexity index is 1090. The topological polar surface area (TPSA) is 82.8 Å². The summed E-state index contributed by atoms with van der Waals surface area (Å²) in [5.74, 6) is -0.267. The van der Waals surface area contributed by atoms with E-state index in [4.69, 9.17) is 13.9 Å². The van der Waals surface area contributed by atoms with Gasteiger partial charge in [-0.1, -0.05) is 23.8 Å². The highest BCUT2D eigenvalue weighted by atomic mass is 32.2. The van der Waals surface area contributed by atoms with Crippen LogP contribution in [0.5, 0.6) is 0 Å². The fourth-order valence-corrected chi connectivity index (χ4v) is 4.28. The van der Waals surface area contributed by atoms with Gasteiger partial charge in [-0.2, -0.15) is 0 Å². The van der Waals surface area contributed by atoms with Crippen molar-refractivity contribution in [2.75, 3.05) is 20.3 Å². The Morgan fingerprint density at radius 3 is 2.43 bits per heavy atom. The second-order valence-corrected chi connectivity index (χ2v) is 8.55. The highest BCUT2D eigenvalue weighted by Crippen LogP contribution is 2.28. The van der Waals surface area contributed by atoms with E-state index in [-0.39, 0.29) is 17.3 Å². The number of hydrogen-bond donors (Lipinski definition) is 0. The lowest BCUT2D eigenvalue weighted by Gasteiger charge is -2.06. The van der Waals surface area contributed by atoms with Crippen LogP contribution in [0.2, 0.25) is 0 Å². The molecule has 0 atom stereocenters. The largest absolute Gasteiger partial charge is 0.460 e. The van der Waals surface area contributed by atoms with Crippen molar-refractivity contribution >= 4 is 26.8 Å². The molecule has 28 heavy (non-hydrogen) atoms. The normalized spacial score (nSPS) is 11.7. The molecule has 0 aliphatic heterocycles. The number of carbonyl (C=O) groups excluding carboxylic acids is 1. The molecule has 0 aliphatic carbocycles. The first-order valence-corrected chi connectivity index (χ1v) is 10.4. The number of rotatable bonds is 7. The summed E-state index contributed by atoms with van der Waals surface area (Å²) in [5.41, 5.74) is 2.37. The third-order valence-electron chi connectivity index (χ3n) is 4.39. The van der Waals surface area contributed by atoms with Crippen LogP contribution in [0.4, 0.5) is 0 Å². The van der Waals surface area contributed by atoms with Crippen molar-refractivity contribution in [3.63, 3.8) is 0 Å². The molecular weight excluding hydrogens is 380 g/mol. The number of ether oxygens (including phenoxy) is 2. The molecule has 1 heterocycles. The molecule has 0 aliphatic rings. The lowest BCUT2D eigenvalue weighted by Crippen LogP contribution is -2.10. The number of benzene rings is 2. The molecule has 0 fully saturated rings. The van der Waals surface area contributed by atoms with Gasteiger partial charge in [-0.15, -0.1) is 0 Å². The molecule has 7 heteroatoms. The predicted molar refractivity (Wildman–Crippen MR) is 105 cm³/mol. The van der Waals surface area contributed by atoms with Crippen molar-refractivity contribution in [1.82, 2.24) is 0 Å². The van der Waals surface area contributed by atoms with Gasteiger partial charge in [0.1, 0.15) is 23.5 Å². The molecule has 0 saturated heterocycles. The number of methoxy groups -OCH3 is 1. The second kappa shape index (κ2) is 8.16. The molecule has 0 radical (unpaired) electrons. The van der Waals surface area contributed by atoms with Gasteiger partial charge in [-0.3, -0.25) is 0 Å². The maximum absolute atomic E-state index is 12.7. The number of esters is 1. The molecular formula is C21H22O6S. The minimum atomic E-state index is -3.51. The Morgan fingerprint density at radius 2 is 1.75 bits per heavy atom. The summed E-state index contributed by atoms with van der Waals surface area (Å²) in [6.07, 6.45) is 0. The van der Waals surface area contributed by atoms with Crippen molar-refractivity contribution < 1.29 is 27.1 Å². The summed E-state index contributed by atoms with van der Waals surface area (Å²) in [6.45, 7) is 4.00. The van der Waals surface area contributed by atoms with Crippen molar-refractivity contribution in [1.29, 1.82) is 0 Å². The maximum Gasteiger partial charge on any atom is 0.342 e. The van der Waals surface area contributed by atoms with Gasteiger partial charge >= 0.3 is 5.97 Å². The van der Waals surface area contributed by atoms with E-state index in [1.54, 1.807) is 49.4 Å². The molecule has 1 aromatic heterocycles. The Hall–Kier alpha value is -2.64. The number of carbonyl (C=O) groups is 1. The van der Waals surface area contributed by atoms with E-state index in [2.05, 4.69) is 0 Å². The minimum Gasteiger partial charge on any atom is -0.460 e. The number of hydrogen-bond acceptors (Lipinski definition) is 6. The second-order valence-electron chi connectivity index (χ2n) is 6.56. The smallest absolute Gasteiger partial charge is 0.342 e. The SMILES string of the molecule is COCCOC(=O)c1c(C)oc2ccc(CS(=O)(=O)c3ccc(C)cc3)cc12. The van der Waals surface area contributed by atoms with Crippen LogP contribution in [0.15, 0.2) is 51.8 Å². The lowest BCUT2D eigenvalue weighted by molar-refractivity contribution is 0.0388. The fourth-order valence-electron chi connectivity index (χ4n) is 2.95. The Morgan fingerprint density at radius 1 is 1.04 bits per heavy atom. The molecule has 148 valence electrons. The van der Waals surface area contributed by atoms with Gasteiger partial charge in [0.15, 0.2) is 9.84 Å². The first-order valence-electron chi connectivity index (χ1n) is 8.79. The molecule has 2 aromatic carbocycles. The van der Waals surface area contributed by atoms with E-state index < -0.39 is 15.8 Å². The van der Waals surface area contributed by atoms with Gasteiger partial charge in [0.25, 0.3) is 0 Å². The molecule has 0 bridgehead atoms. The van der Waals surface area contributed by atoms with Crippen molar-refractivity contribution in [3.8, 4) is 0 Å². The van der Waals surface area contributed by atoms with Crippen LogP contribution >= 0.6 is 0 Å². The first kappa shape index (κ1) is 20.1. The quantitative estimate of drug-likeness (QED) is 0.441. The zero-order valence-electron chi connectivity index (χ0n) is 16.0. The predicted octanol–water partition coefficient (Wildman–Crippen LogP) is 3.83. The monoisotopic (exact) mass is 402 g/mol. The third-order valence-corrected chi connectivity index (χ3v) is 6.09. The van der Waals surface area contributed by atoms with E-state index in [0.717, 1.165) is 5.56 Å². The summed E-state index contributed by atoms with van der Waals surface area (Å²) in [5, 5.41) is 0.538. The van der Waals surface area contributed by atoms with Crippen molar-refractivity contribution in [2.45, 2.75) is 24.5 Å². The lowest BCUT2D eigenvalue weighted by atomic mass is 10.1. The van der Waals surface area contributed by atoms with E-state index >= 15 is 0 Å². The first-order chi connectivity index (χ1) is 13.3. The molecule has 0 unspecified atom stereocenters. The average Bonchev–Trinajstić information content (AvgIpc) is 2.97. The molecule has 0 spiro atoms. The van der Waals surface area contributed by atoms with Crippen LogP contribution in [0.1, 0.15) is 27.2 Å². The minimum absolute atomic E-state index is 0.128. The standard InChI is InChI=1S/C21H22O6S/c1-14-4-7-17(8-5-14)28(23,24)13-16-6-9-19-18(12-16)20(15(2)27-19)21(22)26-11-10-25-3/h4-9,12H,10-11,13H2,1-3H3. The van der Waals surface area contributed by atoms with Crippen LogP contribution in [-0.4, -0.2) is 34.7 Å². The van der Waals surface area contributed by atoms with Gasteiger partial charge in [-0.25, -0.2) is 13.2 Å². The molecule has 0 saturated carbocycles. The van der Waals surface area contributed by atoms with Crippen LogP contribution in [-0.2, 0) is 25.1 Å². The van der Waals surface area contributed by atoms with E-state index in [0.29, 0.717) is 34.5 Å². The summed E-state index contributed by atoms with van der Waals surface area (Å²) in [6, 6.07) is 11.8. The van der Waals surface area contributed by atoms with Gasteiger partial charge in [0.2, 0.25) is 0 Å². The van der Waals surface area contributed by atoms with Gasteiger partial charge in [-0.05, 0) is 43.7 Å². The summed E-state index contributed by atoms with van der Waals surface area (Å²) >= 11 is 0.